The van der Waals surface area contributed by atoms with Crippen LogP contribution in [0.15, 0.2) is 59.5 Å². The summed E-state index contributed by atoms with van der Waals surface area (Å²) in [5.41, 5.74) is 1.01. The van der Waals surface area contributed by atoms with E-state index in [-0.39, 0.29) is 36.2 Å². The highest BCUT2D eigenvalue weighted by Gasteiger charge is 2.34. The average molecular weight is 436 g/mol. The van der Waals surface area contributed by atoms with Crippen molar-refractivity contribution in [1.82, 2.24) is 14.9 Å². The summed E-state index contributed by atoms with van der Waals surface area (Å²) in [5.74, 6) is -0.740. The number of benzene rings is 2. The molecule has 1 heterocycles. The van der Waals surface area contributed by atoms with Crippen molar-refractivity contribution in [2.24, 2.45) is 5.92 Å². The molecule has 2 N–H and O–H groups in total. The molecule has 29 heavy (non-hydrogen) atoms. The Balaban J connectivity index is 1.44. The van der Waals surface area contributed by atoms with E-state index in [2.05, 4.69) is 10.0 Å². The van der Waals surface area contributed by atoms with E-state index >= 15 is 0 Å². The second-order valence-corrected chi connectivity index (χ2v) is 9.01. The van der Waals surface area contributed by atoms with E-state index < -0.39 is 15.9 Å². The topological polar surface area (TPSA) is 95.6 Å². The molecule has 1 aliphatic rings. The average Bonchev–Trinajstić information content (AvgIpc) is 3.07. The lowest BCUT2D eigenvalue weighted by Gasteiger charge is -2.16. The highest BCUT2D eigenvalue weighted by molar-refractivity contribution is 7.89. The van der Waals surface area contributed by atoms with E-state index in [9.17, 15) is 18.0 Å². The largest absolute Gasteiger partial charge is 0.354 e. The highest BCUT2D eigenvalue weighted by Crippen LogP contribution is 2.20. The zero-order chi connectivity index (χ0) is 20.9. The Hall–Kier alpha value is -2.42. The molecule has 2 amide bonds. The molecule has 7 nitrogen and oxygen atoms in total. The number of likely N-dealkylation sites (tertiary alicyclic amines) is 1. The summed E-state index contributed by atoms with van der Waals surface area (Å²) in [5, 5.41) is 3.14. The third kappa shape index (κ3) is 5.79. The van der Waals surface area contributed by atoms with Crippen LogP contribution in [0.25, 0.3) is 0 Å². The summed E-state index contributed by atoms with van der Waals surface area (Å²) in [7, 11) is -3.67. The molecule has 0 saturated carbocycles. The van der Waals surface area contributed by atoms with Crippen molar-refractivity contribution in [2.45, 2.75) is 17.9 Å². The summed E-state index contributed by atoms with van der Waals surface area (Å²) in [6.45, 7) is 1.01. The molecule has 1 aliphatic heterocycles. The number of sulfonamides is 1. The van der Waals surface area contributed by atoms with Gasteiger partial charge in [-0.1, -0.05) is 41.9 Å². The molecule has 2 aromatic carbocycles. The smallest absolute Gasteiger partial charge is 0.240 e. The van der Waals surface area contributed by atoms with Crippen LogP contribution in [0.3, 0.4) is 0 Å². The monoisotopic (exact) mass is 435 g/mol. The minimum atomic E-state index is -3.67. The summed E-state index contributed by atoms with van der Waals surface area (Å²) in [6.07, 6.45) is 0.162. The first kappa shape index (κ1) is 21.3. The third-order valence-corrected chi connectivity index (χ3v) is 6.37. The second-order valence-electron chi connectivity index (χ2n) is 6.80. The number of amides is 2. The van der Waals surface area contributed by atoms with Crippen LogP contribution in [0.2, 0.25) is 5.02 Å². The minimum Gasteiger partial charge on any atom is -0.354 e. The Bertz CT molecular complexity index is 965. The molecule has 0 unspecified atom stereocenters. The number of carbonyl (C=O) groups is 2. The van der Waals surface area contributed by atoms with Crippen LogP contribution in [0.5, 0.6) is 0 Å². The van der Waals surface area contributed by atoms with Crippen LogP contribution in [-0.4, -0.2) is 44.8 Å². The van der Waals surface area contributed by atoms with Crippen LogP contribution in [0, 0.1) is 5.92 Å². The lowest BCUT2D eigenvalue weighted by Crippen LogP contribution is -2.38. The van der Waals surface area contributed by atoms with Gasteiger partial charge in [0.1, 0.15) is 0 Å². The molecule has 1 saturated heterocycles. The standard InChI is InChI=1S/C20H22ClN3O4S/c21-17-6-8-18(9-7-17)29(27,28)23-11-10-22-20(26)16-12-19(25)24(14-16)13-15-4-2-1-3-5-15/h1-9,16,23H,10-14H2,(H,22,26)/t16-/m0/s1. The molecule has 154 valence electrons. The third-order valence-electron chi connectivity index (χ3n) is 4.64. The maximum absolute atomic E-state index is 12.3. The predicted molar refractivity (Wildman–Crippen MR) is 110 cm³/mol. The zero-order valence-corrected chi connectivity index (χ0v) is 17.2. The van der Waals surface area contributed by atoms with Gasteiger partial charge in [-0.15, -0.1) is 0 Å². The van der Waals surface area contributed by atoms with Crippen LogP contribution in [0.4, 0.5) is 0 Å². The van der Waals surface area contributed by atoms with Crippen LogP contribution < -0.4 is 10.0 Å². The molecular weight excluding hydrogens is 414 g/mol. The van der Waals surface area contributed by atoms with Crippen molar-refractivity contribution in [1.29, 1.82) is 0 Å². The van der Waals surface area contributed by atoms with Crippen molar-refractivity contribution in [2.75, 3.05) is 19.6 Å². The first-order chi connectivity index (χ1) is 13.8. The van der Waals surface area contributed by atoms with E-state index in [1.807, 2.05) is 30.3 Å². The van der Waals surface area contributed by atoms with E-state index in [0.717, 1.165) is 5.56 Å². The van der Waals surface area contributed by atoms with Crippen molar-refractivity contribution >= 4 is 33.4 Å². The molecular formula is C20H22ClN3O4S. The number of hydrogen-bond acceptors (Lipinski definition) is 4. The molecule has 0 aliphatic carbocycles. The lowest BCUT2D eigenvalue weighted by atomic mass is 10.1. The first-order valence-electron chi connectivity index (χ1n) is 9.20. The molecule has 1 atom stereocenters. The molecule has 0 aromatic heterocycles. The summed E-state index contributed by atoms with van der Waals surface area (Å²) < 4.78 is 26.8. The van der Waals surface area contributed by atoms with E-state index in [4.69, 9.17) is 11.6 Å². The Labute approximate surface area is 175 Å². The molecule has 0 bridgehead atoms. The van der Waals surface area contributed by atoms with Gasteiger partial charge in [0.15, 0.2) is 0 Å². The minimum absolute atomic E-state index is 0.0467. The van der Waals surface area contributed by atoms with Crippen molar-refractivity contribution < 1.29 is 18.0 Å². The van der Waals surface area contributed by atoms with Gasteiger partial charge in [-0.3, -0.25) is 9.59 Å². The molecule has 0 radical (unpaired) electrons. The quantitative estimate of drug-likeness (QED) is 0.618. The number of nitrogens with zero attached hydrogens (tertiary/aromatic N) is 1. The van der Waals surface area contributed by atoms with Crippen molar-refractivity contribution in [3.63, 3.8) is 0 Å². The zero-order valence-electron chi connectivity index (χ0n) is 15.7. The summed E-state index contributed by atoms with van der Waals surface area (Å²) in [4.78, 5) is 26.3. The Kier molecular flexibility index (Phi) is 6.89. The normalized spacial score (nSPS) is 16.8. The van der Waals surface area contributed by atoms with Gasteiger partial charge in [-0.05, 0) is 29.8 Å². The van der Waals surface area contributed by atoms with Gasteiger partial charge >= 0.3 is 0 Å². The van der Waals surface area contributed by atoms with Gasteiger partial charge in [0, 0.05) is 37.6 Å². The lowest BCUT2D eigenvalue weighted by molar-refractivity contribution is -0.129. The van der Waals surface area contributed by atoms with Gasteiger partial charge < -0.3 is 10.2 Å². The Morgan fingerprint density at radius 3 is 2.45 bits per heavy atom. The predicted octanol–water partition coefficient (Wildman–Crippen LogP) is 1.78. The maximum Gasteiger partial charge on any atom is 0.240 e. The highest BCUT2D eigenvalue weighted by atomic mass is 35.5. The number of carbonyl (C=O) groups excluding carboxylic acids is 2. The fraction of sp³-hybridized carbons (Fsp3) is 0.300. The van der Waals surface area contributed by atoms with Gasteiger partial charge in [0.2, 0.25) is 21.8 Å². The summed E-state index contributed by atoms with van der Waals surface area (Å²) >= 11 is 5.76. The van der Waals surface area contributed by atoms with Gasteiger partial charge in [-0.25, -0.2) is 13.1 Å². The van der Waals surface area contributed by atoms with Gasteiger partial charge in [0.25, 0.3) is 0 Å². The van der Waals surface area contributed by atoms with Crippen LogP contribution in [-0.2, 0) is 26.2 Å². The fourth-order valence-electron chi connectivity index (χ4n) is 3.12. The molecule has 9 heteroatoms. The van der Waals surface area contributed by atoms with E-state index in [1.165, 1.54) is 24.3 Å². The first-order valence-corrected chi connectivity index (χ1v) is 11.1. The second kappa shape index (κ2) is 9.39. The number of halogens is 1. The molecule has 0 spiro atoms. The number of rotatable bonds is 8. The SMILES string of the molecule is O=C(NCCNS(=O)(=O)c1ccc(Cl)cc1)[C@H]1CC(=O)N(Cc2ccccc2)C1. The molecule has 3 rings (SSSR count). The van der Waals surface area contributed by atoms with Crippen molar-refractivity contribution in [3.05, 3.63) is 65.2 Å². The molecule has 2 aromatic rings. The van der Waals surface area contributed by atoms with Crippen LogP contribution >= 0.6 is 11.6 Å². The van der Waals surface area contributed by atoms with Crippen LogP contribution in [0.1, 0.15) is 12.0 Å². The fourth-order valence-corrected chi connectivity index (χ4v) is 4.27. The van der Waals surface area contributed by atoms with Gasteiger partial charge in [-0.2, -0.15) is 0 Å². The van der Waals surface area contributed by atoms with Crippen molar-refractivity contribution in [3.8, 4) is 0 Å². The Morgan fingerprint density at radius 1 is 1.07 bits per heavy atom. The van der Waals surface area contributed by atoms with E-state index in [1.54, 1.807) is 4.90 Å². The summed E-state index contributed by atoms with van der Waals surface area (Å²) in [6, 6.07) is 15.4. The Morgan fingerprint density at radius 2 is 1.76 bits per heavy atom. The maximum atomic E-state index is 12.3. The van der Waals surface area contributed by atoms with E-state index in [0.29, 0.717) is 18.1 Å². The van der Waals surface area contributed by atoms with Gasteiger partial charge in [0.05, 0.1) is 10.8 Å². The molecule has 1 fully saturated rings. The number of hydrogen-bond donors (Lipinski definition) is 2. The number of nitrogens with one attached hydrogen (secondary N) is 2.